The van der Waals surface area contributed by atoms with Crippen LogP contribution in [-0.2, 0) is 0 Å². The zero-order valence-electron chi connectivity index (χ0n) is 14.9. The fourth-order valence-corrected chi connectivity index (χ4v) is 3.46. The lowest BCUT2D eigenvalue weighted by Gasteiger charge is -2.11. The van der Waals surface area contributed by atoms with Crippen LogP contribution in [-0.4, -0.2) is 13.1 Å². The van der Waals surface area contributed by atoms with Gasteiger partial charge in [0.05, 0.1) is 0 Å². The maximum Gasteiger partial charge on any atom is 0.0419 e. The molecule has 4 aromatic carbocycles. The van der Waals surface area contributed by atoms with E-state index in [2.05, 4.69) is 95.6 Å². The van der Waals surface area contributed by atoms with Gasteiger partial charge in [-0.3, -0.25) is 0 Å². The number of fused-ring (bicyclic) bond motifs is 2. The minimum atomic E-state index is 0.991. The molecule has 0 saturated heterocycles. The second kappa shape index (κ2) is 7.92. The molecule has 4 rings (SSSR count). The van der Waals surface area contributed by atoms with Gasteiger partial charge >= 0.3 is 0 Å². The second-order valence-corrected chi connectivity index (χ2v) is 6.61. The fraction of sp³-hybridized carbons (Fsp3) is 0.167. The molecule has 2 heteroatoms. The van der Waals surface area contributed by atoms with Crippen molar-refractivity contribution in [2.75, 3.05) is 23.7 Å². The summed E-state index contributed by atoms with van der Waals surface area (Å²) >= 11 is 0. The lowest BCUT2D eigenvalue weighted by Crippen LogP contribution is -2.06. The van der Waals surface area contributed by atoms with E-state index in [9.17, 15) is 0 Å². The van der Waals surface area contributed by atoms with Crippen LogP contribution in [0.5, 0.6) is 0 Å². The van der Waals surface area contributed by atoms with Crippen molar-refractivity contribution in [3.63, 3.8) is 0 Å². The van der Waals surface area contributed by atoms with Gasteiger partial charge in [-0.25, -0.2) is 0 Å². The zero-order valence-corrected chi connectivity index (χ0v) is 14.9. The molecule has 0 unspecified atom stereocenters. The first-order chi connectivity index (χ1) is 12.9. The molecule has 4 aromatic rings. The molecule has 130 valence electrons. The monoisotopic (exact) mass is 340 g/mol. The molecule has 0 aromatic heterocycles. The maximum absolute atomic E-state index is 3.59. The smallest absolute Gasteiger partial charge is 0.0419 e. The highest BCUT2D eigenvalue weighted by Gasteiger charge is 2.00. The normalized spacial score (nSPS) is 10.9. The molecule has 0 amide bonds. The van der Waals surface area contributed by atoms with Gasteiger partial charge in [0.1, 0.15) is 0 Å². The first-order valence-corrected chi connectivity index (χ1v) is 9.35. The Morgan fingerprint density at radius 1 is 0.462 bits per heavy atom. The molecular formula is C24H24N2. The van der Waals surface area contributed by atoms with Crippen molar-refractivity contribution in [1.29, 1.82) is 0 Å². The second-order valence-electron chi connectivity index (χ2n) is 6.61. The van der Waals surface area contributed by atoms with Crippen molar-refractivity contribution in [1.82, 2.24) is 0 Å². The van der Waals surface area contributed by atoms with Crippen LogP contribution in [0.15, 0.2) is 84.9 Å². The van der Waals surface area contributed by atoms with E-state index in [1.54, 1.807) is 0 Å². The molecule has 0 radical (unpaired) electrons. The summed E-state index contributed by atoms with van der Waals surface area (Å²) in [4.78, 5) is 0. The number of anilines is 2. The van der Waals surface area contributed by atoms with Crippen LogP contribution >= 0.6 is 0 Å². The maximum atomic E-state index is 3.59. The van der Waals surface area contributed by atoms with Crippen LogP contribution in [0.25, 0.3) is 21.5 Å². The lowest BCUT2D eigenvalue weighted by atomic mass is 10.1. The summed E-state index contributed by atoms with van der Waals surface area (Å²) in [6, 6.07) is 29.9. The van der Waals surface area contributed by atoms with Gasteiger partial charge in [-0.15, -0.1) is 0 Å². The van der Waals surface area contributed by atoms with Crippen molar-refractivity contribution in [2.24, 2.45) is 0 Å². The van der Waals surface area contributed by atoms with Crippen molar-refractivity contribution in [3.05, 3.63) is 84.9 Å². The molecule has 0 aliphatic carbocycles. The van der Waals surface area contributed by atoms with Crippen LogP contribution in [0.3, 0.4) is 0 Å². The van der Waals surface area contributed by atoms with Gasteiger partial charge in [0.25, 0.3) is 0 Å². The summed E-state index contributed by atoms with van der Waals surface area (Å²) in [7, 11) is 0. The molecule has 2 nitrogen and oxygen atoms in total. The summed E-state index contributed by atoms with van der Waals surface area (Å²) in [5.74, 6) is 0. The average molecular weight is 340 g/mol. The van der Waals surface area contributed by atoms with Crippen molar-refractivity contribution in [3.8, 4) is 0 Å². The number of unbranched alkanes of at least 4 members (excludes halogenated alkanes) is 1. The zero-order chi connectivity index (χ0) is 17.6. The third-order valence-electron chi connectivity index (χ3n) is 4.81. The van der Waals surface area contributed by atoms with Crippen molar-refractivity contribution >= 4 is 32.9 Å². The quantitative estimate of drug-likeness (QED) is 0.386. The third kappa shape index (κ3) is 3.65. The minimum Gasteiger partial charge on any atom is -0.385 e. The van der Waals surface area contributed by atoms with E-state index in [-0.39, 0.29) is 0 Å². The van der Waals surface area contributed by atoms with E-state index in [0.29, 0.717) is 0 Å². The Morgan fingerprint density at radius 3 is 1.38 bits per heavy atom. The Kier molecular flexibility index (Phi) is 5.02. The van der Waals surface area contributed by atoms with E-state index in [1.807, 2.05) is 0 Å². The van der Waals surface area contributed by atoms with Crippen molar-refractivity contribution < 1.29 is 0 Å². The summed E-state index contributed by atoms with van der Waals surface area (Å²) < 4.78 is 0. The van der Waals surface area contributed by atoms with E-state index >= 15 is 0 Å². The van der Waals surface area contributed by atoms with Gasteiger partial charge in [-0.1, -0.05) is 72.8 Å². The predicted octanol–water partition coefficient (Wildman–Crippen LogP) is 6.30. The summed E-state index contributed by atoms with van der Waals surface area (Å²) in [5, 5.41) is 12.3. The van der Waals surface area contributed by atoms with Gasteiger partial charge in [-0.05, 0) is 35.7 Å². The Balaban J connectivity index is 1.28. The lowest BCUT2D eigenvalue weighted by molar-refractivity contribution is 0.797. The summed E-state index contributed by atoms with van der Waals surface area (Å²) in [5.41, 5.74) is 2.45. The standard InChI is InChI=1S/C24H24N2/c1-3-13-21-19(9-1)11-7-15-23(21)25-17-5-6-18-26-24-16-8-12-20-10-2-4-14-22(20)24/h1-4,7-16,25-26H,5-6,17-18H2. The average Bonchev–Trinajstić information content (AvgIpc) is 2.71. The number of rotatable bonds is 7. The first kappa shape index (κ1) is 16.5. The summed E-state index contributed by atoms with van der Waals surface area (Å²) in [6.07, 6.45) is 2.28. The molecule has 26 heavy (non-hydrogen) atoms. The van der Waals surface area contributed by atoms with E-state index in [0.717, 1.165) is 25.9 Å². The van der Waals surface area contributed by atoms with E-state index < -0.39 is 0 Å². The number of benzene rings is 4. The molecule has 0 atom stereocenters. The Morgan fingerprint density at radius 2 is 0.885 bits per heavy atom. The largest absolute Gasteiger partial charge is 0.385 e. The van der Waals surface area contributed by atoms with Crippen LogP contribution < -0.4 is 10.6 Å². The summed E-state index contributed by atoms with van der Waals surface area (Å²) in [6.45, 7) is 1.98. The molecule has 0 aliphatic heterocycles. The molecule has 0 saturated carbocycles. The molecule has 2 N–H and O–H groups in total. The van der Waals surface area contributed by atoms with Crippen LogP contribution in [0.2, 0.25) is 0 Å². The topological polar surface area (TPSA) is 24.1 Å². The predicted molar refractivity (Wildman–Crippen MR) is 114 cm³/mol. The Bertz CT molecular complexity index is 913. The molecule has 0 fully saturated rings. The van der Waals surface area contributed by atoms with E-state index in [1.165, 1.54) is 32.9 Å². The van der Waals surface area contributed by atoms with Gasteiger partial charge in [0, 0.05) is 35.2 Å². The van der Waals surface area contributed by atoms with Crippen LogP contribution in [0.1, 0.15) is 12.8 Å². The number of nitrogens with one attached hydrogen (secondary N) is 2. The van der Waals surface area contributed by atoms with Gasteiger partial charge in [-0.2, -0.15) is 0 Å². The Hall–Kier alpha value is -3.00. The molecular weight excluding hydrogens is 316 g/mol. The minimum absolute atomic E-state index is 0.991. The van der Waals surface area contributed by atoms with Crippen LogP contribution in [0.4, 0.5) is 11.4 Å². The highest BCUT2D eigenvalue weighted by Crippen LogP contribution is 2.24. The van der Waals surface area contributed by atoms with Gasteiger partial charge in [0.15, 0.2) is 0 Å². The SMILES string of the molecule is c1ccc2c(NCCCCNc3cccc4ccccc34)cccc2c1. The van der Waals surface area contributed by atoms with Gasteiger partial charge < -0.3 is 10.6 Å². The fourth-order valence-electron chi connectivity index (χ4n) is 3.46. The number of hydrogen-bond acceptors (Lipinski definition) is 2. The molecule has 0 spiro atoms. The highest BCUT2D eigenvalue weighted by molar-refractivity contribution is 5.94. The van der Waals surface area contributed by atoms with Crippen molar-refractivity contribution in [2.45, 2.75) is 12.8 Å². The molecule has 0 aliphatic rings. The van der Waals surface area contributed by atoms with Crippen LogP contribution in [0, 0.1) is 0 Å². The molecule has 0 bridgehead atoms. The first-order valence-electron chi connectivity index (χ1n) is 9.35. The number of hydrogen-bond donors (Lipinski definition) is 2. The Labute approximate surface area is 154 Å². The molecule has 0 heterocycles. The third-order valence-corrected chi connectivity index (χ3v) is 4.81. The van der Waals surface area contributed by atoms with Gasteiger partial charge in [0.2, 0.25) is 0 Å². The highest BCUT2D eigenvalue weighted by atomic mass is 14.9. The van der Waals surface area contributed by atoms with E-state index in [4.69, 9.17) is 0 Å².